The van der Waals surface area contributed by atoms with E-state index in [9.17, 15) is 0 Å². The second kappa shape index (κ2) is 11.3. The molecule has 9 aromatic carbocycles. The van der Waals surface area contributed by atoms with E-state index < -0.39 is 0 Å². The lowest BCUT2D eigenvalue weighted by atomic mass is 9.70. The first kappa shape index (κ1) is 30.9. The van der Waals surface area contributed by atoms with Crippen molar-refractivity contribution in [3.05, 3.63) is 229 Å². The van der Waals surface area contributed by atoms with Crippen molar-refractivity contribution in [3.8, 4) is 44.8 Å². The third-order valence-electron chi connectivity index (χ3n) is 12.9. The molecule has 57 heavy (non-hydrogen) atoms. The van der Waals surface area contributed by atoms with Crippen molar-refractivity contribution in [2.45, 2.75) is 5.41 Å². The van der Waals surface area contributed by atoms with Crippen LogP contribution in [0.1, 0.15) is 22.3 Å². The van der Waals surface area contributed by atoms with E-state index in [4.69, 9.17) is 0 Å². The maximum Gasteiger partial charge on any atom is 0.0725 e. The van der Waals surface area contributed by atoms with Gasteiger partial charge in [0.2, 0.25) is 0 Å². The Labute approximate surface area is 330 Å². The fraction of sp³-hybridized carbons (Fsp3) is 0.0182. The lowest BCUT2D eigenvalue weighted by Gasteiger charge is -2.30. The van der Waals surface area contributed by atoms with Gasteiger partial charge in [-0.1, -0.05) is 158 Å². The van der Waals surface area contributed by atoms with Crippen LogP contribution in [0.2, 0.25) is 0 Å². The SMILES string of the molecule is c1cc(-c2ccc3c(c2)C2(c4ccccc4-c4ccccc42)c2ccccc2-3)cc(-n2c3ccccc3c3ccc(-n4c5ccccc5c5ccccc54)cc32)c1. The molecule has 0 aliphatic heterocycles. The highest BCUT2D eigenvalue weighted by molar-refractivity contribution is 6.12. The Balaban J connectivity index is 1.02. The highest BCUT2D eigenvalue weighted by atomic mass is 15.0. The van der Waals surface area contributed by atoms with Gasteiger partial charge in [0.05, 0.1) is 27.5 Å². The van der Waals surface area contributed by atoms with Crippen molar-refractivity contribution < 1.29 is 0 Å². The Kier molecular flexibility index (Phi) is 6.13. The summed E-state index contributed by atoms with van der Waals surface area (Å²) in [4.78, 5) is 0. The summed E-state index contributed by atoms with van der Waals surface area (Å²) in [6, 6.07) is 76.7. The van der Waals surface area contributed by atoms with Crippen molar-refractivity contribution in [2.24, 2.45) is 0 Å². The van der Waals surface area contributed by atoms with E-state index in [0.717, 1.165) is 11.4 Å². The Morgan fingerprint density at radius 1 is 0.263 bits per heavy atom. The molecule has 0 saturated heterocycles. The molecule has 2 nitrogen and oxygen atoms in total. The van der Waals surface area contributed by atoms with Crippen LogP contribution in [-0.2, 0) is 5.41 Å². The number of para-hydroxylation sites is 3. The van der Waals surface area contributed by atoms with Crippen molar-refractivity contribution in [3.63, 3.8) is 0 Å². The summed E-state index contributed by atoms with van der Waals surface area (Å²) in [5.41, 5.74) is 19.9. The zero-order chi connectivity index (χ0) is 37.2. The zero-order valence-electron chi connectivity index (χ0n) is 31.0. The minimum Gasteiger partial charge on any atom is -0.309 e. The average molecular weight is 723 g/mol. The smallest absolute Gasteiger partial charge is 0.0725 e. The summed E-state index contributed by atoms with van der Waals surface area (Å²) >= 11 is 0. The molecule has 2 heterocycles. The molecule has 0 N–H and O–H groups in total. The molecule has 2 aliphatic carbocycles. The highest BCUT2D eigenvalue weighted by Crippen LogP contribution is 2.63. The van der Waals surface area contributed by atoms with Crippen LogP contribution in [-0.4, -0.2) is 9.13 Å². The molecule has 264 valence electrons. The largest absolute Gasteiger partial charge is 0.309 e. The second-order valence-electron chi connectivity index (χ2n) is 15.6. The molecule has 2 aromatic heterocycles. The first-order valence-corrected chi connectivity index (χ1v) is 19.9. The summed E-state index contributed by atoms with van der Waals surface area (Å²) in [7, 11) is 0. The first-order chi connectivity index (χ1) is 28.3. The van der Waals surface area contributed by atoms with Gasteiger partial charge in [-0.15, -0.1) is 0 Å². The predicted molar refractivity (Wildman–Crippen MR) is 237 cm³/mol. The Morgan fingerprint density at radius 3 is 1.28 bits per heavy atom. The van der Waals surface area contributed by atoms with Crippen molar-refractivity contribution >= 4 is 43.6 Å². The highest BCUT2D eigenvalue weighted by Gasteiger charge is 2.51. The van der Waals surface area contributed by atoms with Gasteiger partial charge in [0.1, 0.15) is 0 Å². The topological polar surface area (TPSA) is 9.86 Å². The lowest BCUT2D eigenvalue weighted by molar-refractivity contribution is 0.794. The van der Waals surface area contributed by atoms with Crippen LogP contribution in [0.5, 0.6) is 0 Å². The third-order valence-corrected chi connectivity index (χ3v) is 12.9. The molecule has 0 fully saturated rings. The quantitative estimate of drug-likeness (QED) is 0.172. The molecular formula is C55H34N2. The summed E-state index contributed by atoms with van der Waals surface area (Å²) in [6.45, 7) is 0. The van der Waals surface area contributed by atoms with Crippen LogP contribution in [0.15, 0.2) is 206 Å². The van der Waals surface area contributed by atoms with Crippen molar-refractivity contribution in [1.82, 2.24) is 9.13 Å². The average Bonchev–Trinajstić information content (AvgIpc) is 3.98. The van der Waals surface area contributed by atoms with E-state index in [1.54, 1.807) is 0 Å². The third kappa shape index (κ3) is 3.99. The molecule has 13 rings (SSSR count). The maximum atomic E-state index is 2.49. The number of hydrogen-bond donors (Lipinski definition) is 0. The number of aromatic nitrogens is 2. The van der Waals surface area contributed by atoms with E-state index in [1.165, 1.54) is 99.2 Å². The van der Waals surface area contributed by atoms with Crippen molar-refractivity contribution in [1.29, 1.82) is 0 Å². The molecule has 0 unspecified atom stereocenters. The van der Waals surface area contributed by atoms with Gasteiger partial charge in [0.15, 0.2) is 0 Å². The number of fused-ring (bicyclic) bond motifs is 16. The van der Waals surface area contributed by atoms with Gasteiger partial charge in [-0.3, -0.25) is 0 Å². The fourth-order valence-corrected chi connectivity index (χ4v) is 10.7. The van der Waals surface area contributed by atoms with E-state index in [-0.39, 0.29) is 5.41 Å². The minimum absolute atomic E-state index is 0.372. The lowest BCUT2D eigenvalue weighted by Crippen LogP contribution is -2.25. The van der Waals surface area contributed by atoms with Crippen LogP contribution < -0.4 is 0 Å². The molecule has 2 aliphatic rings. The van der Waals surface area contributed by atoms with Crippen LogP contribution in [0, 0.1) is 0 Å². The zero-order valence-corrected chi connectivity index (χ0v) is 31.0. The first-order valence-electron chi connectivity index (χ1n) is 19.9. The summed E-state index contributed by atoms with van der Waals surface area (Å²) in [5, 5.41) is 5.04. The molecular weight excluding hydrogens is 689 g/mol. The fourth-order valence-electron chi connectivity index (χ4n) is 10.7. The van der Waals surface area contributed by atoms with Gasteiger partial charge in [0.25, 0.3) is 0 Å². The molecule has 0 amide bonds. The molecule has 0 saturated carbocycles. The molecule has 0 bridgehead atoms. The molecule has 0 atom stereocenters. The van der Waals surface area contributed by atoms with Crippen LogP contribution >= 0.6 is 0 Å². The molecule has 11 aromatic rings. The number of nitrogens with zero attached hydrogens (tertiary/aromatic N) is 2. The second-order valence-corrected chi connectivity index (χ2v) is 15.6. The van der Waals surface area contributed by atoms with E-state index in [1.807, 2.05) is 0 Å². The van der Waals surface area contributed by atoms with Crippen molar-refractivity contribution in [2.75, 3.05) is 0 Å². The Hall–Kier alpha value is -7.42. The monoisotopic (exact) mass is 722 g/mol. The standard InChI is InChI=1S/C55H34N2/c1-7-22-47-39(16-1)40-17-2-8-23-48(40)55(47)49-24-9-3-18-41(49)42-30-28-36(33-50(42)55)35-14-13-15-37(32-35)57-53-27-12-6-21-45(53)46-31-29-38(34-54(46)57)56-51-25-10-4-19-43(51)44-20-5-11-26-52(44)56/h1-34H. The Bertz CT molecular complexity index is 3370. The van der Waals surface area contributed by atoms with Crippen LogP contribution in [0.25, 0.3) is 88.4 Å². The Morgan fingerprint density at radius 2 is 0.702 bits per heavy atom. The summed E-state index contributed by atoms with van der Waals surface area (Å²) in [5.74, 6) is 0. The van der Waals surface area contributed by atoms with Gasteiger partial charge in [-0.25, -0.2) is 0 Å². The van der Waals surface area contributed by atoms with Gasteiger partial charge in [-0.05, 0) is 104 Å². The molecule has 1 spiro atoms. The number of hydrogen-bond acceptors (Lipinski definition) is 0. The van der Waals surface area contributed by atoms with E-state index in [2.05, 4.69) is 215 Å². The summed E-state index contributed by atoms with van der Waals surface area (Å²) < 4.78 is 4.87. The van der Waals surface area contributed by atoms with Gasteiger partial charge < -0.3 is 9.13 Å². The molecule has 2 heteroatoms. The maximum absolute atomic E-state index is 2.49. The minimum atomic E-state index is -0.372. The van der Waals surface area contributed by atoms with Crippen LogP contribution in [0.3, 0.4) is 0 Å². The molecule has 0 radical (unpaired) electrons. The van der Waals surface area contributed by atoms with E-state index >= 15 is 0 Å². The normalized spacial score (nSPS) is 13.4. The van der Waals surface area contributed by atoms with Gasteiger partial charge in [0, 0.05) is 32.9 Å². The predicted octanol–water partition coefficient (Wildman–Crippen LogP) is 13.9. The van der Waals surface area contributed by atoms with Crippen LogP contribution in [0.4, 0.5) is 0 Å². The summed E-state index contributed by atoms with van der Waals surface area (Å²) in [6.07, 6.45) is 0. The van der Waals surface area contributed by atoms with Gasteiger partial charge >= 0.3 is 0 Å². The van der Waals surface area contributed by atoms with E-state index in [0.29, 0.717) is 0 Å². The number of rotatable bonds is 3. The number of benzene rings is 9. The van der Waals surface area contributed by atoms with Gasteiger partial charge in [-0.2, -0.15) is 0 Å².